The van der Waals surface area contributed by atoms with E-state index in [0.717, 1.165) is 12.8 Å². The molecule has 0 radical (unpaired) electrons. The van der Waals surface area contributed by atoms with Gasteiger partial charge in [-0.25, -0.2) is 4.39 Å². The number of hydrogen-bond acceptors (Lipinski definition) is 2. The summed E-state index contributed by atoms with van der Waals surface area (Å²) in [4.78, 5) is 0. The maximum Gasteiger partial charge on any atom is 0.145 e. The maximum absolute atomic E-state index is 13.8. The summed E-state index contributed by atoms with van der Waals surface area (Å²) in [5, 5.41) is 0.101. The van der Waals surface area contributed by atoms with Gasteiger partial charge >= 0.3 is 0 Å². The fourth-order valence-corrected chi connectivity index (χ4v) is 2.01. The molecule has 2 N–H and O–H groups in total. The minimum Gasteiger partial charge on any atom is -0.497 e. The van der Waals surface area contributed by atoms with Gasteiger partial charge < -0.3 is 10.5 Å². The first-order chi connectivity index (χ1) is 7.13. The lowest BCUT2D eigenvalue weighted by molar-refractivity contribution is 0.411. The Morgan fingerprint density at radius 2 is 2.20 bits per heavy atom. The van der Waals surface area contributed by atoms with Crippen LogP contribution in [-0.4, -0.2) is 13.7 Å². The van der Waals surface area contributed by atoms with Gasteiger partial charge in [-0.3, -0.25) is 0 Å². The zero-order valence-electron chi connectivity index (χ0n) is 8.52. The molecular weight excluding hydrogens is 217 g/mol. The maximum atomic E-state index is 13.8. The zero-order chi connectivity index (χ0) is 11.1. The highest BCUT2D eigenvalue weighted by molar-refractivity contribution is 6.31. The van der Waals surface area contributed by atoms with Crippen LogP contribution >= 0.6 is 11.6 Å². The van der Waals surface area contributed by atoms with Crippen molar-refractivity contribution < 1.29 is 9.13 Å². The van der Waals surface area contributed by atoms with Gasteiger partial charge in [-0.2, -0.15) is 0 Å². The highest BCUT2D eigenvalue weighted by Gasteiger charge is 2.45. The van der Waals surface area contributed by atoms with Crippen molar-refractivity contribution in [3.8, 4) is 5.75 Å². The van der Waals surface area contributed by atoms with Crippen LogP contribution in [0.25, 0.3) is 0 Å². The molecule has 0 spiro atoms. The van der Waals surface area contributed by atoms with Crippen molar-refractivity contribution in [2.24, 2.45) is 5.73 Å². The molecule has 0 heterocycles. The van der Waals surface area contributed by atoms with Gasteiger partial charge in [0.05, 0.1) is 12.1 Å². The molecule has 1 aliphatic carbocycles. The summed E-state index contributed by atoms with van der Waals surface area (Å²) >= 11 is 5.79. The van der Waals surface area contributed by atoms with Gasteiger partial charge in [-0.1, -0.05) is 11.6 Å². The Morgan fingerprint density at radius 1 is 1.53 bits per heavy atom. The molecule has 1 saturated carbocycles. The Balaban J connectivity index is 2.50. The zero-order valence-corrected chi connectivity index (χ0v) is 9.27. The number of benzene rings is 1. The lowest BCUT2D eigenvalue weighted by atomic mass is 9.95. The van der Waals surface area contributed by atoms with Crippen molar-refractivity contribution in [2.45, 2.75) is 18.3 Å². The van der Waals surface area contributed by atoms with Crippen LogP contribution in [0.3, 0.4) is 0 Å². The molecule has 0 bridgehead atoms. The largest absolute Gasteiger partial charge is 0.497 e. The van der Waals surface area contributed by atoms with Crippen LogP contribution < -0.4 is 10.5 Å². The van der Waals surface area contributed by atoms with E-state index in [2.05, 4.69) is 0 Å². The summed E-state index contributed by atoms with van der Waals surface area (Å²) in [5.74, 6) is 0.219. The van der Waals surface area contributed by atoms with E-state index < -0.39 is 0 Å². The van der Waals surface area contributed by atoms with E-state index in [1.807, 2.05) is 0 Å². The third-order valence-electron chi connectivity index (χ3n) is 3.05. The van der Waals surface area contributed by atoms with Gasteiger partial charge in [0.1, 0.15) is 11.6 Å². The number of rotatable bonds is 3. The first-order valence-corrected chi connectivity index (χ1v) is 5.24. The second kappa shape index (κ2) is 3.65. The number of nitrogens with two attached hydrogens (primary N) is 1. The average Bonchev–Trinajstić information content (AvgIpc) is 3.02. The summed E-state index contributed by atoms with van der Waals surface area (Å²) in [5.41, 5.74) is 6.05. The molecule has 1 aromatic rings. The summed E-state index contributed by atoms with van der Waals surface area (Å²) in [6, 6.07) is 3.17. The Bertz CT molecular complexity index is 390. The lowest BCUT2D eigenvalue weighted by Gasteiger charge is -2.15. The predicted molar refractivity (Wildman–Crippen MR) is 57.9 cm³/mol. The third kappa shape index (κ3) is 1.70. The molecular formula is C11H13ClFNO. The van der Waals surface area contributed by atoms with Crippen LogP contribution in [0.2, 0.25) is 5.02 Å². The lowest BCUT2D eigenvalue weighted by Crippen LogP contribution is -2.21. The van der Waals surface area contributed by atoms with Gasteiger partial charge in [0, 0.05) is 23.6 Å². The minimum absolute atomic E-state index is 0.101. The SMILES string of the molecule is COc1cc(Cl)c(F)c(C2(CN)CC2)c1. The molecule has 82 valence electrons. The van der Waals surface area contributed by atoms with E-state index in [9.17, 15) is 4.39 Å². The summed E-state index contributed by atoms with van der Waals surface area (Å²) < 4.78 is 18.9. The van der Waals surface area contributed by atoms with Crippen molar-refractivity contribution >= 4 is 11.6 Å². The van der Waals surface area contributed by atoms with Crippen molar-refractivity contribution in [3.63, 3.8) is 0 Å². The standard InChI is InChI=1S/C11H13ClFNO/c1-15-7-4-8(10(13)9(12)5-7)11(6-14)2-3-11/h4-5H,2-3,6,14H2,1H3. The second-order valence-corrected chi connectivity index (χ2v) is 4.36. The summed E-state index contributed by atoms with van der Waals surface area (Å²) in [6.45, 7) is 0.452. The number of hydrogen-bond donors (Lipinski definition) is 1. The summed E-state index contributed by atoms with van der Waals surface area (Å²) in [7, 11) is 1.54. The number of halogens is 2. The fourth-order valence-electron chi connectivity index (χ4n) is 1.80. The Morgan fingerprint density at radius 3 is 2.67 bits per heavy atom. The molecule has 1 aliphatic rings. The predicted octanol–water partition coefficient (Wildman–Crippen LogP) is 2.48. The molecule has 0 aliphatic heterocycles. The molecule has 0 saturated heterocycles. The minimum atomic E-state index is -0.361. The molecule has 0 aromatic heterocycles. The van der Waals surface area contributed by atoms with E-state index in [1.54, 1.807) is 6.07 Å². The van der Waals surface area contributed by atoms with Crippen LogP contribution in [0, 0.1) is 5.82 Å². The van der Waals surface area contributed by atoms with Crippen LogP contribution in [0.1, 0.15) is 18.4 Å². The smallest absolute Gasteiger partial charge is 0.145 e. The molecule has 15 heavy (non-hydrogen) atoms. The van der Waals surface area contributed by atoms with Gasteiger partial charge in [-0.05, 0) is 18.9 Å². The normalized spacial score (nSPS) is 17.6. The molecule has 2 nitrogen and oxygen atoms in total. The average molecular weight is 230 g/mol. The molecule has 0 atom stereocenters. The van der Waals surface area contributed by atoms with Crippen molar-refractivity contribution in [1.29, 1.82) is 0 Å². The van der Waals surface area contributed by atoms with Crippen molar-refractivity contribution in [3.05, 3.63) is 28.5 Å². The fraction of sp³-hybridized carbons (Fsp3) is 0.455. The van der Waals surface area contributed by atoms with Gasteiger partial charge in [-0.15, -0.1) is 0 Å². The monoisotopic (exact) mass is 229 g/mol. The number of ether oxygens (including phenoxy) is 1. The molecule has 4 heteroatoms. The summed E-state index contributed by atoms with van der Waals surface area (Å²) in [6.07, 6.45) is 1.84. The Kier molecular flexibility index (Phi) is 2.61. The highest BCUT2D eigenvalue weighted by atomic mass is 35.5. The topological polar surface area (TPSA) is 35.2 Å². The molecule has 1 aromatic carbocycles. The highest BCUT2D eigenvalue weighted by Crippen LogP contribution is 2.49. The quantitative estimate of drug-likeness (QED) is 0.864. The first kappa shape index (κ1) is 10.7. The second-order valence-electron chi connectivity index (χ2n) is 3.96. The van der Waals surface area contributed by atoms with Crippen LogP contribution in [0.4, 0.5) is 4.39 Å². The van der Waals surface area contributed by atoms with Gasteiger partial charge in [0.15, 0.2) is 0 Å². The van der Waals surface area contributed by atoms with Gasteiger partial charge in [0.25, 0.3) is 0 Å². The van der Waals surface area contributed by atoms with Crippen LogP contribution in [-0.2, 0) is 5.41 Å². The first-order valence-electron chi connectivity index (χ1n) is 4.86. The van der Waals surface area contributed by atoms with E-state index >= 15 is 0 Å². The van der Waals surface area contributed by atoms with Crippen LogP contribution in [0.5, 0.6) is 5.75 Å². The number of methoxy groups -OCH3 is 1. The van der Waals surface area contributed by atoms with E-state index in [1.165, 1.54) is 13.2 Å². The van der Waals surface area contributed by atoms with E-state index in [-0.39, 0.29) is 16.3 Å². The van der Waals surface area contributed by atoms with Gasteiger partial charge in [0.2, 0.25) is 0 Å². The Hall–Kier alpha value is -0.800. The third-order valence-corrected chi connectivity index (χ3v) is 3.33. The molecule has 0 unspecified atom stereocenters. The van der Waals surface area contributed by atoms with E-state index in [4.69, 9.17) is 22.1 Å². The molecule has 0 amide bonds. The van der Waals surface area contributed by atoms with E-state index in [0.29, 0.717) is 17.9 Å². The molecule has 2 rings (SSSR count). The van der Waals surface area contributed by atoms with Crippen LogP contribution in [0.15, 0.2) is 12.1 Å². The molecule has 1 fully saturated rings. The van der Waals surface area contributed by atoms with Crippen molar-refractivity contribution in [2.75, 3.05) is 13.7 Å². The Labute approximate surface area is 93.2 Å². The van der Waals surface area contributed by atoms with Crippen molar-refractivity contribution in [1.82, 2.24) is 0 Å².